The predicted molar refractivity (Wildman–Crippen MR) is 87.2 cm³/mol. The van der Waals surface area contributed by atoms with E-state index in [0.29, 0.717) is 12.0 Å². The van der Waals surface area contributed by atoms with E-state index in [-0.39, 0.29) is 5.95 Å². The summed E-state index contributed by atoms with van der Waals surface area (Å²) in [5.41, 5.74) is 6.75. The molecule has 0 aliphatic carbocycles. The number of fused-ring (bicyclic) bond motifs is 1. The fraction of sp³-hybridized carbons (Fsp3) is 0.294. The number of amides is 1. The summed E-state index contributed by atoms with van der Waals surface area (Å²) in [6.07, 6.45) is 0.302. The molecule has 0 saturated heterocycles. The molecule has 2 N–H and O–H groups in total. The molecule has 7 nitrogen and oxygen atoms in total. The molecule has 1 atom stereocenters. The molecule has 0 radical (unpaired) electrons. The fourth-order valence-corrected chi connectivity index (χ4v) is 2.69. The Morgan fingerprint density at radius 1 is 1.21 bits per heavy atom. The van der Waals surface area contributed by atoms with E-state index in [4.69, 9.17) is 4.74 Å². The van der Waals surface area contributed by atoms with Crippen molar-refractivity contribution in [1.82, 2.24) is 15.4 Å². The normalized spacial score (nSPS) is 19.2. The highest BCUT2D eigenvalue weighted by Gasteiger charge is 2.42. The number of aryl methyl sites for hydroxylation is 2. The number of rotatable bonds is 3. The van der Waals surface area contributed by atoms with Crippen molar-refractivity contribution in [2.24, 2.45) is 0 Å². The Kier molecular flexibility index (Phi) is 3.92. The zero-order valence-corrected chi connectivity index (χ0v) is 13.7. The Bertz CT molecular complexity index is 801. The Morgan fingerprint density at radius 3 is 2.58 bits per heavy atom. The minimum atomic E-state index is -1.29. The number of hydrogen-bond donors (Lipinski definition) is 2. The molecule has 1 aromatic carbocycles. The second kappa shape index (κ2) is 5.92. The van der Waals surface area contributed by atoms with Crippen LogP contribution >= 0.6 is 0 Å². The van der Waals surface area contributed by atoms with Gasteiger partial charge >= 0.3 is 5.97 Å². The zero-order chi connectivity index (χ0) is 17.3. The first-order valence-electron chi connectivity index (χ1n) is 7.57. The van der Waals surface area contributed by atoms with E-state index in [1.807, 2.05) is 32.0 Å². The van der Waals surface area contributed by atoms with Crippen LogP contribution in [-0.4, -0.2) is 27.4 Å². The van der Waals surface area contributed by atoms with Crippen LogP contribution in [0.1, 0.15) is 34.2 Å². The second-order valence-electron chi connectivity index (χ2n) is 6.01. The van der Waals surface area contributed by atoms with Crippen molar-refractivity contribution in [3.8, 4) is 0 Å². The van der Waals surface area contributed by atoms with Gasteiger partial charge in [-0.05, 0) is 38.5 Å². The van der Waals surface area contributed by atoms with E-state index in [0.717, 1.165) is 17.0 Å². The van der Waals surface area contributed by atoms with Crippen LogP contribution in [0.2, 0.25) is 0 Å². The predicted octanol–water partition coefficient (Wildman–Crippen LogP) is 1.71. The van der Waals surface area contributed by atoms with Gasteiger partial charge in [-0.2, -0.15) is 0 Å². The number of benzene rings is 1. The largest absolute Gasteiger partial charge is 0.445 e. The van der Waals surface area contributed by atoms with Crippen LogP contribution in [0.5, 0.6) is 0 Å². The highest BCUT2D eigenvalue weighted by Crippen LogP contribution is 2.28. The first kappa shape index (κ1) is 15.9. The van der Waals surface area contributed by atoms with E-state index in [1.165, 1.54) is 0 Å². The molecule has 1 amide bonds. The van der Waals surface area contributed by atoms with Gasteiger partial charge < -0.3 is 4.74 Å². The number of hydrazine groups is 1. The fourth-order valence-electron chi connectivity index (χ4n) is 2.69. The van der Waals surface area contributed by atoms with Gasteiger partial charge in [-0.1, -0.05) is 18.2 Å². The molecular weight excluding hydrogens is 308 g/mol. The summed E-state index contributed by atoms with van der Waals surface area (Å²) >= 11 is 0. The summed E-state index contributed by atoms with van der Waals surface area (Å²) in [6.45, 7) is 5.26. The van der Waals surface area contributed by atoms with Crippen molar-refractivity contribution >= 4 is 17.8 Å². The van der Waals surface area contributed by atoms with E-state index >= 15 is 0 Å². The third-order valence-electron chi connectivity index (χ3n) is 3.83. The van der Waals surface area contributed by atoms with Crippen molar-refractivity contribution < 1.29 is 14.3 Å². The van der Waals surface area contributed by atoms with Gasteiger partial charge in [0.05, 0.1) is 5.56 Å². The number of aromatic nitrogens is 2. The Hall–Kier alpha value is -2.96. The number of esters is 1. The molecule has 0 spiro atoms. The lowest BCUT2D eigenvalue weighted by atomic mass is 9.89. The van der Waals surface area contributed by atoms with Crippen molar-refractivity contribution in [2.45, 2.75) is 32.8 Å². The summed E-state index contributed by atoms with van der Waals surface area (Å²) in [4.78, 5) is 33.0. The molecule has 124 valence electrons. The van der Waals surface area contributed by atoms with Crippen molar-refractivity contribution in [2.75, 3.05) is 5.43 Å². The Balaban J connectivity index is 1.74. The summed E-state index contributed by atoms with van der Waals surface area (Å²) in [5, 5.41) is 0. The SMILES string of the molecule is Cc1cc(C)nc(NNC(=O)[C@]2(C)Cc3ccccc3C(=O)O2)n1. The average Bonchev–Trinajstić information content (AvgIpc) is 2.51. The molecule has 1 aliphatic rings. The van der Waals surface area contributed by atoms with Gasteiger partial charge in [-0.3, -0.25) is 15.6 Å². The quantitative estimate of drug-likeness (QED) is 0.659. The standard InChI is InChI=1S/C17H18N4O3/c1-10-8-11(2)19-16(18-10)21-20-15(23)17(3)9-12-6-4-5-7-13(12)14(22)24-17/h4-8H,9H2,1-3H3,(H,20,23)(H,18,19,21)/t17-/m0/s1. The molecule has 3 rings (SSSR count). The highest BCUT2D eigenvalue weighted by molar-refractivity contribution is 5.97. The Morgan fingerprint density at radius 2 is 1.88 bits per heavy atom. The molecule has 1 aliphatic heterocycles. The molecule has 0 saturated carbocycles. The molecule has 7 heteroatoms. The minimum Gasteiger partial charge on any atom is -0.445 e. The first-order valence-corrected chi connectivity index (χ1v) is 7.57. The molecule has 24 heavy (non-hydrogen) atoms. The van der Waals surface area contributed by atoms with E-state index in [1.54, 1.807) is 19.1 Å². The maximum Gasteiger partial charge on any atom is 0.339 e. The smallest absolute Gasteiger partial charge is 0.339 e. The highest BCUT2D eigenvalue weighted by atomic mass is 16.6. The van der Waals surface area contributed by atoms with Gasteiger partial charge in [0.2, 0.25) is 5.95 Å². The molecular formula is C17H18N4O3. The van der Waals surface area contributed by atoms with Crippen molar-refractivity contribution in [3.63, 3.8) is 0 Å². The average molecular weight is 326 g/mol. The van der Waals surface area contributed by atoms with Crippen LogP contribution < -0.4 is 10.9 Å². The molecule has 2 heterocycles. The summed E-state index contributed by atoms with van der Waals surface area (Å²) in [5.74, 6) is -0.683. The maximum absolute atomic E-state index is 12.5. The molecule has 2 aromatic rings. The molecule has 0 bridgehead atoms. The van der Waals surface area contributed by atoms with Crippen LogP contribution in [0.15, 0.2) is 30.3 Å². The van der Waals surface area contributed by atoms with Crippen LogP contribution in [0.25, 0.3) is 0 Å². The lowest BCUT2D eigenvalue weighted by Crippen LogP contribution is -2.53. The van der Waals surface area contributed by atoms with Crippen LogP contribution in [0.4, 0.5) is 5.95 Å². The summed E-state index contributed by atoms with van der Waals surface area (Å²) in [7, 11) is 0. The molecule has 1 aromatic heterocycles. The zero-order valence-electron chi connectivity index (χ0n) is 13.7. The summed E-state index contributed by atoms with van der Waals surface area (Å²) < 4.78 is 5.37. The van der Waals surface area contributed by atoms with Crippen LogP contribution in [0, 0.1) is 13.8 Å². The second-order valence-corrected chi connectivity index (χ2v) is 6.01. The number of cyclic esters (lactones) is 1. The van der Waals surface area contributed by atoms with Gasteiger partial charge in [-0.25, -0.2) is 14.8 Å². The minimum absolute atomic E-state index is 0.284. The van der Waals surface area contributed by atoms with Crippen molar-refractivity contribution in [3.05, 3.63) is 52.8 Å². The van der Waals surface area contributed by atoms with Crippen LogP contribution in [0.3, 0.4) is 0 Å². The summed E-state index contributed by atoms with van der Waals surface area (Å²) in [6, 6.07) is 8.94. The monoisotopic (exact) mass is 326 g/mol. The topological polar surface area (TPSA) is 93.2 Å². The number of nitrogens with zero attached hydrogens (tertiary/aromatic N) is 2. The van der Waals surface area contributed by atoms with Crippen LogP contribution in [-0.2, 0) is 16.0 Å². The number of carbonyl (C=O) groups is 2. The number of carbonyl (C=O) groups excluding carboxylic acids is 2. The number of nitrogens with one attached hydrogen (secondary N) is 2. The van der Waals surface area contributed by atoms with E-state index in [9.17, 15) is 9.59 Å². The third kappa shape index (κ3) is 3.05. The first-order chi connectivity index (χ1) is 11.4. The van der Waals surface area contributed by atoms with Crippen molar-refractivity contribution in [1.29, 1.82) is 0 Å². The number of anilines is 1. The van der Waals surface area contributed by atoms with Gasteiger partial charge in [0.15, 0.2) is 5.60 Å². The third-order valence-corrected chi connectivity index (χ3v) is 3.83. The Labute approximate surface area is 139 Å². The van der Waals surface area contributed by atoms with Gasteiger partial charge in [0, 0.05) is 17.8 Å². The van der Waals surface area contributed by atoms with E-state index in [2.05, 4.69) is 20.8 Å². The van der Waals surface area contributed by atoms with Gasteiger partial charge in [0.25, 0.3) is 5.91 Å². The molecule has 0 unspecified atom stereocenters. The molecule has 0 fully saturated rings. The van der Waals surface area contributed by atoms with E-state index < -0.39 is 17.5 Å². The number of ether oxygens (including phenoxy) is 1. The van der Waals surface area contributed by atoms with Gasteiger partial charge in [0.1, 0.15) is 0 Å². The lowest BCUT2D eigenvalue weighted by Gasteiger charge is -2.32. The van der Waals surface area contributed by atoms with Gasteiger partial charge in [-0.15, -0.1) is 0 Å². The maximum atomic E-state index is 12.5. The number of hydrogen-bond acceptors (Lipinski definition) is 6. The lowest BCUT2D eigenvalue weighted by molar-refractivity contribution is -0.139.